The van der Waals surface area contributed by atoms with Crippen molar-refractivity contribution in [1.29, 1.82) is 0 Å². The highest BCUT2D eigenvalue weighted by Crippen LogP contribution is 2.25. The van der Waals surface area contributed by atoms with Crippen LogP contribution in [0.4, 0.5) is 5.69 Å². The van der Waals surface area contributed by atoms with E-state index in [2.05, 4.69) is 71.1 Å². The number of ether oxygens (including phenoxy) is 1. The first kappa shape index (κ1) is 14.2. The number of nitrogens with zero attached hydrogens (tertiary/aromatic N) is 2. The Morgan fingerprint density at radius 3 is 2.55 bits per heavy atom. The Balaban J connectivity index is 0.000000205. The molecule has 0 atom stereocenters. The van der Waals surface area contributed by atoms with Gasteiger partial charge in [0.15, 0.2) is 0 Å². The lowest BCUT2D eigenvalue weighted by molar-refractivity contribution is 0.342. The second-order valence-corrected chi connectivity index (χ2v) is 4.58. The number of anilines is 1. The second kappa shape index (κ2) is 6.80. The van der Waals surface area contributed by atoms with Gasteiger partial charge in [0.1, 0.15) is 6.61 Å². The van der Waals surface area contributed by atoms with E-state index < -0.39 is 0 Å². The summed E-state index contributed by atoms with van der Waals surface area (Å²) >= 11 is 0. The summed E-state index contributed by atoms with van der Waals surface area (Å²) < 4.78 is 4.68. The van der Waals surface area contributed by atoms with Gasteiger partial charge in [0.05, 0.1) is 6.54 Å². The van der Waals surface area contributed by atoms with Gasteiger partial charge in [-0.1, -0.05) is 36.4 Å². The van der Waals surface area contributed by atoms with Crippen molar-refractivity contribution >= 4 is 22.5 Å². The van der Waals surface area contributed by atoms with Crippen LogP contribution in [0, 0.1) is 0 Å². The summed E-state index contributed by atoms with van der Waals surface area (Å²) in [4.78, 5) is 5.97. The Morgan fingerprint density at radius 1 is 1.20 bits per heavy atom. The van der Waals surface area contributed by atoms with Crippen molar-refractivity contribution in [3.63, 3.8) is 0 Å². The SMILES string of the molecule is CCN(C)c1cccc2ccccc12.NC1=NCCO1. The molecule has 0 aliphatic carbocycles. The van der Waals surface area contributed by atoms with E-state index in [4.69, 9.17) is 5.73 Å². The van der Waals surface area contributed by atoms with E-state index >= 15 is 0 Å². The summed E-state index contributed by atoms with van der Waals surface area (Å²) in [6.07, 6.45) is 0. The highest BCUT2D eigenvalue weighted by atomic mass is 16.5. The fraction of sp³-hybridized carbons (Fsp3) is 0.312. The molecule has 0 bridgehead atoms. The average molecular weight is 271 g/mol. The quantitative estimate of drug-likeness (QED) is 0.913. The van der Waals surface area contributed by atoms with Crippen LogP contribution in [0.25, 0.3) is 10.8 Å². The molecule has 1 aliphatic rings. The molecule has 4 heteroatoms. The van der Waals surface area contributed by atoms with Crippen LogP contribution in [-0.4, -0.2) is 32.8 Å². The first-order valence-electron chi connectivity index (χ1n) is 6.84. The standard InChI is InChI=1S/C13H15N.C3H6N2O/c1-3-14(2)13-10-6-8-11-7-4-5-9-12(11)13;4-3-5-1-2-6-3/h4-10H,3H2,1-2H3;1-2H2,(H2,4,5). The molecule has 1 aliphatic heterocycles. The van der Waals surface area contributed by atoms with Crippen LogP contribution in [0.1, 0.15) is 6.92 Å². The van der Waals surface area contributed by atoms with Gasteiger partial charge >= 0.3 is 0 Å². The van der Waals surface area contributed by atoms with Crippen molar-refractivity contribution in [2.45, 2.75) is 6.92 Å². The molecule has 2 N–H and O–H groups in total. The maximum absolute atomic E-state index is 5.06. The third kappa shape index (κ3) is 3.41. The minimum absolute atomic E-state index is 0.329. The Kier molecular flexibility index (Phi) is 4.82. The molecule has 106 valence electrons. The summed E-state index contributed by atoms with van der Waals surface area (Å²) in [5, 5.41) is 2.64. The summed E-state index contributed by atoms with van der Waals surface area (Å²) in [7, 11) is 2.13. The molecule has 0 amide bonds. The number of hydrogen-bond acceptors (Lipinski definition) is 4. The summed E-state index contributed by atoms with van der Waals surface area (Å²) in [6, 6.07) is 15.3. The smallest absolute Gasteiger partial charge is 0.282 e. The minimum Gasteiger partial charge on any atom is -0.463 e. The van der Waals surface area contributed by atoms with E-state index in [1.165, 1.54) is 16.5 Å². The second-order valence-electron chi connectivity index (χ2n) is 4.58. The summed E-state index contributed by atoms with van der Waals surface area (Å²) in [6.45, 7) is 4.59. The Morgan fingerprint density at radius 2 is 1.95 bits per heavy atom. The molecule has 0 unspecified atom stereocenters. The van der Waals surface area contributed by atoms with Crippen molar-refractivity contribution in [2.24, 2.45) is 10.7 Å². The minimum atomic E-state index is 0.329. The van der Waals surface area contributed by atoms with Gasteiger partial charge in [0.2, 0.25) is 0 Å². The Labute approximate surface area is 119 Å². The summed E-state index contributed by atoms with van der Waals surface area (Å²) in [5.41, 5.74) is 6.37. The van der Waals surface area contributed by atoms with E-state index in [0.717, 1.165) is 13.1 Å². The zero-order valence-electron chi connectivity index (χ0n) is 12.0. The Hall–Kier alpha value is -2.23. The van der Waals surface area contributed by atoms with Crippen LogP contribution in [0.2, 0.25) is 0 Å². The lowest BCUT2D eigenvalue weighted by Crippen LogP contribution is -2.15. The van der Waals surface area contributed by atoms with Gasteiger partial charge in [0, 0.05) is 24.7 Å². The molecular formula is C16H21N3O. The molecule has 3 rings (SSSR count). The molecule has 2 aromatic rings. The van der Waals surface area contributed by atoms with E-state index in [1.54, 1.807) is 0 Å². The highest BCUT2D eigenvalue weighted by molar-refractivity contribution is 5.94. The van der Waals surface area contributed by atoms with Crippen molar-refractivity contribution in [3.05, 3.63) is 42.5 Å². The van der Waals surface area contributed by atoms with Gasteiger partial charge in [-0.25, -0.2) is 4.99 Å². The van der Waals surface area contributed by atoms with Gasteiger partial charge in [-0.2, -0.15) is 0 Å². The zero-order valence-corrected chi connectivity index (χ0v) is 12.0. The van der Waals surface area contributed by atoms with Crippen molar-refractivity contribution in [2.75, 3.05) is 31.6 Å². The number of fused-ring (bicyclic) bond motifs is 1. The molecule has 0 saturated heterocycles. The topological polar surface area (TPSA) is 50.8 Å². The highest BCUT2D eigenvalue weighted by Gasteiger charge is 2.02. The van der Waals surface area contributed by atoms with E-state index in [1.807, 2.05) is 0 Å². The normalized spacial score (nSPS) is 13.2. The summed E-state index contributed by atoms with van der Waals surface area (Å²) in [5.74, 6) is 0. The van der Waals surface area contributed by atoms with E-state index in [9.17, 15) is 0 Å². The monoisotopic (exact) mass is 271 g/mol. The number of aliphatic imine (C=N–C) groups is 1. The lowest BCUT2D eigenvalue weighted by Gasteiger charge is -2.18. The molecule has 0 fully saturated rings. The van der Waals surface area contributed by atoms with Gasteiger partial charge < -0.3 is 15.4 Å². The lowest BCUT2D eigenvalue weighted by atomic mass is 10.1. The van der Waals surface area contributed by atoms with Gasteiger partial charge in [-0.15, -0.1) is 0 Å². The van der Waals surface area contributed by atoms with Crippen molar-refractivity contribution in [3.8, 4) is 0 Å². The van der Waals surface area contributed by atoms with Crippen LogP contribution in [0.3, 0.4) is 0 Å². The van der Waals surface area contributed by atoms with Crippen LogP contribution in [0.15, 0.2) is 47.5 Å². The predicted octanol–water partition coefficient (Wildman–Crippen LogP) is 2.63. The molecule has 0 saturated carbocycles. The average Bonchev–Trinajstić information content (AvgIpc) is 2.97. The number of benzene rings is 2. The van der Waals surface area contributed by atoms with Crippen LogP contribution < -0.4 is 10.6 Å². The maximum atomic E-state index is 5.06. The predicted molar refractivity (Wildman–Crippen MR) is 85.3 cm³/mol. The fourth-order valence-electron chi connectivity index (χ4n) is 2.06. The number of nitrogens with two attached hydrogens (primary N) is 1. The van der Waals surface area contributed by atoms with Crippen molar-refractivity contribution < 1.29 is 4.74 Å². The van der Waals surface area contributed by atoms with Crippen LogP contribution in [0.5, 0.6) is 0 Å². The fourth-order valence-corrected chi connectivity index (χ4v) is 2.06. The molecule has 1 heterocycles. The molecule has 2 aromatic carbocycles. The van der Waals surface area contributed by atoms with Gasteiger partial charge in [-0.05, 0) is 18.4 Å². The van der Waals surface area contributed by atoms with Crippen LogP contribution in [-0.2, 0) is 4.74 Å². The molecule has 20 heavy (non-hydrogen) atoms. The molecule has 0 spiro atoms. The Bertz CT molecular complexity index is 590. The number of amidine groups is 1. The third-order valence-corrected chi connectivity index (χ3v) is 3.26. The van der Waals surface area contributed by atoms with Gasteiger partial charge in [-0.3, -0.25) is 0 Å². The zero-order chi connectivity index (χ0) is 14.4. The molecular weight excluding hydrogens is 250 g/mol. The molecule has 0 aromatic heterocycles. The van der Waals surface area contributed by atoms with E-state index in [-0.39, 0.29) is 0 Å². The number of rotatable bonds is 2. The largest absolute Gasteiger partial charge is 0.463 e. The van der Waals surface area contributed by atoms with Crippen LogP contribution >= 0.6 is 0 Å². The third-order valence-electron chi connectivity index (χ3n) is 3.26. The molecule has 0 radical (unpaired) electrons. The first-order chi connectivity index (χ1) is 9.72. The molecule has 4 nitrogen and oxygen atoms in total. The van der Waals surface area contributed by atoms with Crippen molar-refractivity contribution in [1.82, 2.24) is 0 Å². The number of hydrogen-bond donors (Lipinski definition) is 1. The maximum Gasteiger partial charge on any atom is 0.282 e. The first-order valence-corrected chi connectivity index (χ1v) is 6.84. The van der Waals surface area contributed by atoms with E-state index in [0.29, 0.717) is 12.6 Å². The van der Waals surface area contributed by atoms with Gasteiger partial charge in [0.25, 0.3) is 6.02 Å².